The summed E-state index contributed by atoms with van der Waals surface area (Å²) >= 11 is 0. The van der Waals surface area contributed by atoms with E-state index in [-0.39, 0.29) is 41.1 Å². The van der Waals surface area contributed by atoms with Crippen LogP contribution in [0.15, 0.2) is 36.4 Å². The molecule has 2 saturated carbocycles. The van der Waals surface area contributed by atoms with E-state index in [1.165, 1.54) is 6.42 Å². The molecule has 0 spiro atoms. The summed E-state index contributed by atoms with van der Waals surface area (Å²) in [5.41, 5.74) is 1.29. The van der Waals surface area contributed by atoms with Crippen molar-refractivity contribution in [2.24, 2.45) is 17.3 Å². The van der Waals surface area contributed by atoms with Gasteiger partial charge in [0.2, 0.25) is 0 Å². The maximum Gasteiger partial charge on any atom is 0.335 e. The molecular formula is C25H34O5. The van der Waals surface area contributed by atoms with E-state index in [0.717, 1.165) is 31.2 Å². The Labute approximate surface area is 178 Å². The van der Waals surface area contributed by atoms with Crippen LogP contribution in [0.2, 0.25) is 0 Å². The number of rotatable bonds is 10. The van der Waals surface area contributed by atoms with Crippen molar-refractivity contribution in [3.8, 4) is 0 Å². The number of carbonyl (C=O) groups excluding carboxylic acids is 1. The molecule has 0 radical (unpaired) electrons. The summed E-state index contributed by atoms with van der Waals surface area (Å²) in [6.45, 7) is 2.16. The van der Waals surface area contributed by atoms with Crippen LogP contribution in [0.25, 0.3) is 0 Å². The van der Waals surface area contributed by atoms with E-state index in [0.29, 0.717) is 19.3 Å². The molecule has 5 heteroatoms. The first-order chi connectivity index (χ1) is 14.4. The first-order valence-corrected chi connectivity index (χ1v) is 11.2. The fraction of sp³-hybridized carbons (Fsp3) is 0.600. The predicted octanol–water partition coefficient (Wildman–Crippen LogP) is 4.16. The van der Waals surface area contributed by atoms with Crippen LogP contribution in [-0.4, -0.2) is 39.3 Å². The highest BCUT2D eigenvalue weighted by atomic mass is 16.4. The average Bonchev–Trinajstić information content (AvgIpc) is 2.95. The van der Waals surface area contributed by atoms with Gasteiger partial charge in [-0.15, -0.1) is 0 Å². The van der Waals surface area contributed by atoms with Gasteiger partial charge in [0.25, 0.3) is 0 Å². The van der Waals surface area contributed by atoms with Crippen LogP contribution in [-0.2, 0) is 11.2 Å². The average molecular weight is 415 g/mol. The molecule has 1 unspecified atom stereocenters. The number of Topliss-reactive ketones (excluding diaryl/α,β-unsaturated/α-hetero) is 1. The van der Waals surface area contributed by atoms with E-state index in [2.05, 4.69) is 6.92 Å². The molecule has 0 bridgehead atoms. The molecule has 164 valence electrons. The quantitative estimate of drug-likeness (QED) is 0.500. The highest BCUT2D eigenvalue weighted by molar-refractivity contribution is 5.87. The third-order valence-corrected chi connectivity index (χ3v) is 7.20. The number of aliphatic hydroxyl groups is 2. The minimum absolute atomic E-state index is 0.0602. The summed E-state index contributed by atoms with van der Waals surface area (Å²) in [4.78, 5) is 23.4. The SMILES string of the molecule is CCCC1([C@@H](O)C/C=C/C2[C@H](O)CC(=O)[C@@H]2CCc2ccc(C(=O)O)cc2)CCC1. The van der Waals surface area contributed by atoms with Crippen LogP contribution in [0.4, 0.5) is 0 Å². The summed E-state index contributed by atoms with van der Waals surface area (Å²) in [5.74, 6) is -1.32. The Bertz CT molecular complexity index is 762. The van der Waals surface area contributed by atoms with Crippen molar-refractivity contribution < 1.29 is 24.9 Å². The first kappa shape index (κ1) is 22.7. The van der Waals surface area contributed by atoms with Crippen molar-refractivity contribution in [2.45, 2.75) is 76.9 Å². The largest absolute Gasteiger partial charge is 0.478 e. The maximum atomic E-state index is 12.4. The van der Waals surface area contributed by atoms with E-state index in [4.69, 9.17) is 5.11 Å². The number of aliphatic hydroxyl groups excluding tert-OH is 2. The van der Waals surface area contributed by atoms with Gasteiger partial charge >= 0.3 is 5.97 Å². The van der Waals surface area contributed by atoms with E-state index < -0.39 is 12.1 Å². The second-order valence-corrected chi connectivity index (χ2v) is 9.11. The Morgan fingerprint density at radius 3 is 2.53 bits per heavy atom. The lowest BCUT2D eigenvalue weighted by Gasteiger charge is -2.45. The lowest BCUT2D eigenvalue weighted by molar-refractivity contribution is -0.121. The Hall–Kier alpha value is -1.98. The van der Waals surface area contributed by atoms with Gasteiger partial charge in [0, 0.05) is 18.3 Å². The lowest BCUT2D eigenvalue weighted by atomic mass is 9.62. The van der Waals surface area contributed by atoms with Crippen LogP contribution < -0.4 is 0 Å². The standard InChI is InChI=1S/C25H34O5/c1-2-13-25(14-4-15-25)23(28)6-3-5-19-20(22(27)16-21(19)26)12-9-17-7-10-18(11-8-17)24(29)30/h3,5,7-8,10-11,19-21,23,26,28H,2,4,6,9,12-16H2,1H3,(H,29,30)/b5-3+/t19?,20-,21-,23+/m1/s1. The summed E-state index contributed by atoms with van der Waals surface area (Å²) in [6, 6.07) is 6.72. The van der Waals surface area contributed by atoms with Crippen LogP contribution in [0, 0.1) is 17.3 Å². The number of ketones is 1. The van der Waals surface area contributed by atoms with Crippen molar-refractivity contribution in [3.05, 3.63) is 47.5 Å². The third-order valence-electron chi connectivity index (χ3n) is 7.20. The molecule has 2 aliphatic rings. The second kappa shape index (κ2) is 9.88. The minimum Gasteiger partial charge on any atom is -0.478 e. The van der Waals surface area contributed by atoms with E-state index >= 15 is 0 Å². The molecule has 0 aliphatic heterocycles. The van der Waals surface area contributed by atoms with Crippen LogP contribution in [0.3, 0.4) is 0 Å². The van der Waals surface area contributed by atoms with E-state index in [9.17, 15) is 19.8 Å². The van der Waals surface area contributed by atoms with Crippen molar-refractivity contribution in [2.75, 3.05) is 0 Å². The molecule has 0 amide bonds. The number of hydrogen-bond acceptors (Lipinski definition) is 4. The molecule has 5 nitrogen and oxygen atoms in total. The summed E-state index contributed by atoms with van der Waals surface area (Å²) in [5, 5.41) is 30.1. The van der Waals surface area contributed by atoms with Crippen molar-refractivity contribution in [1.82, 2.24) is 0 Å². The molecule has 1 aromatic carbocycles. The fourth-order valence-corrected chi connectivity index (χ4v) is 5.22. The topological polar surface area (TPSA) is 94.8 Å². The van der Waals surface area contributed by atoms with Crippen molar-refractivity contribution in [1.29, 1.82) is 0 Å². The molecular weight excluding hydrogens is 380 g/mol. The van der Waals surface area contributed by atoms with Gasteiger partial charge in [0.1, 0.15) is 5.78 Å². The predicted molar refractivity (Wildman–Crippen MR) is 115 cm³/mol. The first-order valence-electron chi connectivity index (χ1n) is 11.2. The van der Waals surface area contributed by atoms with Gasteiger partial charge in [-0.1, -0.05) is 44.1 Å². The van der Waals surface area contributed by atoms with Crippen LogP contribution in [0.1, 0.15) is 74.2 Å². The molecule has 0 heterocycles. The molecule has 0 aromatic heterocycles. The number of carboxylic acids is 1. The summed E-state index contributed by atoms with van der Waals surface area (Å²) in [7, 11) is 0. The Kier molecular flexibility index (Phi) is 7.48. The van der Waals surface area contributed by atoms with Gasteiger partial charge in [0.15, 0.2) is 0 Å². The summed E-state index contributed by atoms with van der Waals surface area (Å²) < 4.78 is 0. The minimum atomic E-state index is -0.953. The number of carboxylic acid groups (broad SMARTS) is 1. The molecule has 2 fully saturated rings. The van der Waals surface area contributed by atoms with Crippen LogP contribution >= 0.6 is 0 Å². The number of benzene rings is 1. The normalized spacial score (nSPS) is 26.6. The number of hydrogen-bond donors (Lipinski definition) is 3. The number of aromatic carboxylic acids is 1. The number of carbonyl (C=O) groups is 2. The molecule has 4 atom stereocenters. The fourth-order valence-electron chi connectivity index (χ4n) is 5.22. The van der Waals surface area contributed by atoms with E-state index in [1.54, 1.807) is 24.3 Å². The highest BCUT2D eigenvalue weighted by Crippen LogP contribution is 2.48. The Morgan fingerprint density at radius 2 is 1.97 bits per heavy atom. The monoisotopic (exact) mass is 414 g/mol. The zero-order valence-electron chi connectivity index (χ0n) is 17.8. The second-order valence-electron chi connectivity index (χ2n) is 9.11. The van der Waals surface area contributed by atoms with Gasteiger partial charge in [-0.3, -0.25) is 4.79 Å². The van der Waals surface area contributed by atoms with Gasteiger partial charge in [-0.25, -0.2) is 4.79 Å². The Morgan fingerprint density at radius 1 is 1.27 bits per heavy atom. The molecule has 3 N–H and O–H groups in total. The van der Waals surface area contributed by atoms with Gasteiger partial charge in [-0.05, 0) is 61.6 Å². The zero-order valence-corrected chi connectivity index (χ0v) is 17.8. The molecule has 1 aromatic rings. The summed E-state index contributed by atoms with van der Waals surface area (Å²) in [6.07, 6.45) is 10.4. The highest BCUT2D eigenvalue weighted by Gasteiger charge is 2.42. The molecule has 0 saturated heterocycles. The maximum absolute atomic E-state index is 12.4. The number of aryl methyl sites for hydroxylation is 1. The van der Waals surface area contributed by atoms with Gasteiger partial charge in [0.05, 0.1) is 17.8 Å². The molecule has 30 heavy (non-hydrogen) atoms. The van der Waals surface area contributed by atoms with Gasteiger partial charge < -0.3 is 15.3 Å². The van der Waals surface area contributed by atoms with Crippen molar-refractivity contribution in [3.63, 3.8) is 0 Å². The van der Waals surface area contributed by atoms with Crippen molar-refractivity contribution >= 4 is 11.8 Å². The molecule has 3 rings (SSSR count). The molecule has 2 aliphatic carbocycles. The lowest BCUT2D eigenvalue weighted by Crippen LogP contribution is -2.41. The third kappa shape index (κ3) is 5.01. The Balaban J connectivity index is 1.58. The van der Waals surface area contributed by atoms with Gasteiger partial charge in [-0.2, -0.15) is 0 Å². The van der Waals surface area contributed by atoms with Crippen LogP contribution in [0.5, 0.6) is 0 Å². The zero-order chi connectivity index (χ0) is 21.7. The smallest absolute Gasteiger partial charge is 0.335 e. The van der Waals surface area contributed by atoms with E-state index in [1.807, 2.05) is 12.2 Å².